The van der Waals surface area contributed by atoms with Crippen molar-refractivity contribution < 1.29 is 0 Å². The third kappa shape index (κ3) is 2.93. The highest BCUT2D eigenvalue weighted by Crippen LogP contribution is 2.36. The van der Waals surface area contributed by atoms with Crippen LogP contribution >= 0.6 is 23.4 Å². The van der Waals surface area contributed by atoms with Crippen LogP contribution in [-0.2, 0) is 0 Å². The van der Waals surface area contributed by atoms with E-state index in [1.54, 1.807) is 12.1 Å². The third-order valence-corrected chi connectivity index (χ3v) is 4.85. The number of hydrogen-bond donors (Lipinski definition) is 1. The molecule has 0 amide bonds. The van der Waals surface area contributed by atoms with Gasteiger partial charge in [-0.3, -0.25) is 0 Å². The van der Waals surface area contributed by atoms with Crippen LogP contribution in [0.4, 0.5) is 5.69 Å². The zero-order valence-corrected chi connectivity index (χ0v) is 12.2. The lowest BCUT2D eigenvalue weighted by molar-refractivity contribution is 0.305. The Balaban J connectivity index is 2.23. The maximum Gasteiger partial charge on any atom is 0.101 e. The van der Waals surface area contributed by atoms with Gasteiger partial charge in [0.25, 0.3) is 0 Å². The van der Waals surface area contributed by atoms with E-state index in [1.165, 1.54) is 12.2 Å². The molecule has 1 aliphatic heterocycles. The lowest BCUT2D eigenvalue weighted by atomic mass is 9.82. The van der Waals surface area contributed by atoms with Crippen molar-refractivity contribution in [3.8, 4) is 6.07 Å². The molecule has 1 N–H and O–H groups in total. The maximum atomic E-state index is 9.13. The Morgan fingerprint density at radius 1 is 1.50 bits per heavy atom. The van der Waals surface area contributed by atoms with Crippen LogP contribution in [0.3, 0.4) is 0 Å². The fourth-order valence-electron chi connectivity index (χ4n) is 2.09. The van der Waals surface area contributed by atoms with Crippen molar-refractivity contribution in [3.05, 3.63) is 28.8 Å². The number of rotatable bonds is 2. The predicted octanol–water partition coefficient (Wildman–Crippen LogP) is 4.16. The molecule has 0 bridgehead atoms. The Labute approximate surface area is 118 Å². The number of hydrogen-bond acceptors (Lipinski definition) is 3. The summed E-state index contributed by atoms with van der Waals surface area (Å²) in [5.74, 6) is 2.29. The van der Waals surface area contributed by atoms with Gasteiger partial charge in [0.05, 0.1) is 11.3 Å². The van der Waals surface area contributed by atoms with E-state index in [4.69, 9.17) is 16.9 Å². The van der Waals surface area contributed by atoms with Crippen molar-refractivity contribution in [2.45, 2.75) is 26.3 Å². The smallest absolute Gasteiger partial charge is 0.101 e. The number of halogens is 1. The molecule has 2 rings (SSSR count). The molecule has 1 aromatic carbocycles. The SMILES string of the molecule is CC1(C)CCSCC1Nc1cc(Cl)ccc1C#N. The van der Waals surface area contributed by atoms with Crippen molar-refractivity contribution in [1.82, 2.24) is 0 Å². The summed E-state index contributed by atoms with van der Waals surface area (Å²) in [5.41, 5.74) is 1.76. The van der Waals surface area contributed by atoms with Crippen LogP contribution < -0.4 is 5.32 Å². The Kier molecular flexibility index (Phi) is 4.09. The summed E-state index contributed by atoms with van der Waals surface area (Å²) >= 11 is 7.97. The Morgan fingerprint density at radius 2 is 2.28 bits per heavy atom. The maximum absolute atomic E-state index is 9.13. The van der Waals surface area contributed by atoms with Crippen LogP contribution in [0.15, 0.2) is 18.2 Å². The van der Waals surface area contributed by atoms with Crippen molar-refractivity contribution >= 4 is 29.1 Å². The van der Waals surface area contributed by atoms with Gasteiger partial charge in [0, 0.05) is 16.8 Å². The fraction of sp³-hybridized carbons (Fsp3) is 0.500. The van der Waals surface area contributed by atoms with E-state index in [1.807, 2.05) is 17.8 Å². The van der Waals surface area contributed by atoms with E-state index < -0.39 is 0 Å². The molecule has 0 radical (unpaired) electrons. The van der Waals surface area contributed by atoms with Gasteiger partial charge in [-0.1, -0.05) is 25.4 Å². The number of nitrogens with one attached hydrogen (secondary N) is 1. The molecule has 0 aromatic heterocycles. The average molecular weight is 281 g/mol. The molecule has 96 valence electrons. The van der Waals surface area contributed by atoms with Crippen LogP contribution in [0.2, 0.25) is 5.02 Å². The van der Waals surface area contributed by atoms with Gasteiger partial charge >= 0.3 is 0 Å². The zero-order chi connectivity index (χ0) is 13.2. The lowest BCUT2D eigenvalue weighted by Crippen LogP contribution is -2.41. The minimum atomic E-state index is 0.250. The molecule has 1 fully saturated rings. The second-order valence-corrected chi connectivity index (χ2v) is 6.90. The molecule has 0 spiro atoms. The minimum absolute atomic E-state index is 0.250. The quantitative estimate of drug-likeness (QED) is 0.884. The second kappa shape index (κ2) is 5.42. The molecular formula is C14H17ClN2S. The van der Waals surface area contributed by atoms with E-state index in [2.05, 4.69) is 25.2 Å². The molecule has 1 aliphatic rings. The molecule has 1 heterocycles. The molecule has 1 saturated heterocycles. The summed E-state index contributed by atoms with van der Waals surface area (Å²) < 4.78 is 0. The highest BCUT2D eigenvalue weighted by Gasteiger charge is 2.32. The first kappa shape index (κ1) is 13.6. The summed E-state index contributed by atoms with van der Waals surface area (Å²) in [6.07, 6.45) is 1.19. The number of thioether (sulfide) groups is 1. The molecule has 18 heavy (non-hydrogen) atoms. The highest BCUT2D eigenvalue weighted by atomic mass is 35.5. The lowest BCUT2D eigenvalue weighted by Gasteiger charge is -2.39. The van der Waals surface area contributed by atoms with Gasteiger partial charge in [0.2, 0.25) is 0 Å². The van der Waals surface area contributed by atoms with E-state index in [0.717, 1.165) is 11.4 Å². The van der Waals surface area contributed by atoms with Crippen molar-refractivity contribution in [3.63, 3.8) is 0 Å². The molecule has 0 saturated carbocycles. The van der Waals surface area contributed by atoms with Crippen LogP contribution in [0.1, 0.15) is 25.8 Å². The molecule has 1 aromatic rings. The molecular weight excluding hydrogens is 264 g/mol. The van der Waals surface area contributed by atoms with Crippen molar-refractivity contribution in [2.75, 3.05) is 16.8 Å². The van der Waals surface area contributed by atoms with Gasteiger partial charge in [0.15, 0.2) is 0 Å². The number of anilines is 1. The second-order valence-electron chi connectivity index (χ2n) is 5.31. The topological polar surface area (TPSA) is 35.8 Å². The first-order chi connectivity index (χ1) is 8.53. The third-order valence-electron chi connectivity index (χ3n) is 3.55. The summed E-state index contributed by atoms with van der Waals surface area (Å²) in [5, 5.41) is 13.3. The van der Waals surface area contributed by atoms with E-state index >= 15 is 0 Å². The van der Waals surface area contributed by atoms with Gasteiger partial charge in [-0.25, -0.2) is 0 Å². The van der Waals surface area contributed by atoms with Crippen molar-refractivity contribution in [2.24, 2.45) is 5.41 Å². The average Bonchev–Trinajstić information content (AvgIpc) is 2.32. The number of nitriles is 1. The first-order valence-corrected chi connectivity index (χ1v) is 7.60. The molecule has 2 nitrogen and oxygen atoms in total. The summed E-state index contributed by atoms with van der Waals surface area (Å²) in [7, 11) is 0. The van der Waals surface area contributed by atoms with Crippen molar-refractivity contribution in [1.29, 1.82) is 5.26 Å². The van der Waals surface area contributed by atoms with Gasteiger partial charge in [-0.05, 0) is 35.8 Å². The van der Waals surface area contributed by atoms with Crippen LogP contribution in [0, 0.1) is 16.7 Å². The highest BCUT2D eigenvalue weighted by molar-refractivity contribution is 7.99. The van der Waals surface area contributed by atoms with E-state index in [0.29, 0.717) is 16.6 Å². The number of nitrogens with zero attached hydrogens (tertiary/aromatic N) is 1. The van der Waals surface area contributed by atoms with Crippen LogP contribution in [0.5, 0.6) is 0 Å². The fourth-order valence-corrected chi connectivity index (χ4v) is 3.87. The monoisotopic (exact) mass is 280 g/mol. The Morgan fingerprint density at radius 3 is 2.94 bits per heavy atom. The van der Waals surface area contributed by atoms with Gasteiger partial charge in [0.1, 0.15) is 6.07 Å². The predicted molar refractivity (Wildman–Crippen MR) is 79.3 cm³/mol. The summed E-state index contributed by atoms with van der Waals surface area (Å²) in [6.45, 7) is 4.56. The van der Waals surface area contributed by atoms with Gasteiger partial charge in [-0.2, -0.15) is 17.0 Å². The normalized spacial score (nSPS) is 22.2. The van der Waals surface area contributed by atoms with Crippen LogP contribution in [-0.4, -0.2) is 17.5 Å². The zero-order valence-electron chi connectivity index (χ0n) is 10.7. The first-order valence-electron chi connectivity index (χ1n) is 6.07. The van der Waals surface area contributed by atoms with Gasteiger partial charge < -0.3 is 5.32 Å². The minimum Gasteiger partial charge on any atom is -0.380 e. The van der Waals surface area contributed by atoms with E-state index in [9.17, 15) is 0 Å². The van der Waals surface area contributed by atoms with Crippen LogP contribution in [0.25, 0.3) is 0 Å². The Bertz CT molecular complexity index is 479. The summed E-state index contributed by atoms with van der Waals surface area (Å²) in [6, 6.07) is 7.96. The Hall–Kier alpha value is -0.850. The standard InChI is InChI=1S/C14H17ClN2S/c1-14(2)5-6-18-9-13(14)17-12-7-11(15)4-3-10(12)8-16/h3-4,7,13,17H,5-6,9H2,1-2H3. The molecule has 1 unspecified atom stereocenters. The molecule has 4 heteroatoms. The molecule has 0 aliphatic carbocycles. The number of benzene rings is 1. The molecule has 1 atom stereocenters. The summed E-state index contributed by atoms with van der Waals surface area (Å²) in [4.78, 5) is 0. The van der Waals surface area contributed by atoms with E-state index in [-0.39, 0.29) is 5.41 Å². The van der Waals surface area contributed by atoms with Gasteiger partial charge in [-0.15, -0.1) is 0 Å². The largest absolute Gasteiger partial charge is 0.380 e.